The summed E-state index contributed by atoms with van der Waals surface area (Å²) in [5.41, 5.74) is 1.06. The van der Waals surface area contributed by atoms with E-state index in [0.29, 0.717) is 0 Å². The molecule has 162 valence electrons. The minimum absolute atomic E-state index is 0.00825. The van der Waals surface area contributed by atoms with Crippen LogP contribution in [0.3, 0.4) is 0 Å². The molecular weight excluding hydrogens is 416 g/mol. The lowest BCUT2D eigenvalue weighted by Gasteiger charge is -2.42. The first-order valence-electron chi connectivity index (χ1n) is 10.4. The monoisotopic (exact) mass is 441 g/mol. The predicted octanol–water partition coefficient (Wildman–Crippen LogP) is 4.71. The third kappa shape index (κ3) is 4.94. The molecule has 1 aliphatic heterocycles. The van der Waals surface area contributed by atoms with Crippen molar-refractivity contribution in [2.24, 2.45) is 0 Å². The highest BCUT2D eigenvalue weighted by Gasteiger charge is 2.31. The molecule has 3 aromatic rings. The zero-order valence-electron chi connectivity index (χ0n) is 17.3. The Kier molecular flexibility index (Phi) is 6.63. The summed E-state index contributed by atoms with van der Waals surface area (Å²) in [5.74, 6) is -1.16. The van der Waals surface area contributed by atoms with E-state index in [4.69, 9.17) is 0 Å². The summed E-state index contributed by atoms with van der Waals surface area (Å²) in [6.45, 7) is 5.19. The van der Waals surface area contributed by atoms with Crippen molar-refractivity contribution in [1.29, 1.82) is 0 Å². The highest BCUT2D eigenvalue weighted by Crippen LogP contribution is 2.30. The summed E-state index contributed by atoms with van der Waals surface area (Å²) in [5, 5.41) is 5.03. The lowest BCUT2D eigenvalue weighted by molar-refractivity contribution is 0.0886. The number of nitrogens with one attached hydrogen (secondary N) is 1. The third-order valence-corrected chi connectivity index (χ3v) is 6.63. The van der Waals surface area contributed by atoms with Crippen LogP contribution in [0.15, 0.2) is 66.0 Å². The Balaban J connectivity index is 1.47. The molecule has 1 amide bonds. The smallest absolute Gasteiger partial charge is 0.254 e. The number of thiophene rings is 1. The molecule has 1 aromatic heterocycles. The molecule has 4 rings (SSSR count). The first-order valence-corrected chi connectivity index (χ1v) is 11.2. The van der Waals surface area contributed by atoms with E-state index in [1.165, 1.54) is 24.3 Å². The van der Waals surface area contributed by atoms with Crippen molar-refractivity contribution in [3.63, 3.8) is 0 Å². The van der Waals surface area contributed by atoms with E-state index in [1.807, 2.05) is 18.4 Å². The summed E-state index contributed by atoms with van der Waals surface area (Å²) < 4.78 is 27.3. The number of carbonyl (C=O) groups is 1. The van der Waals surface area contributed by atoms with Gasteiger partial charge in [0.1, 0.15) is 11.6 Å². The Labute approximate surface area is 185 Å². The summed E-state index contributed by atoms with van der Waals surface area (Å²) in [6, 6.07) is 16.5. The SMILES string of the molecule is CC(NC(=O)c1ccccc1F)C(c1cccs1)N1CCN(c2ccc(F)cc2)CC1. The van der Waals surface area contributed by atoms with E-state index in [2.05, 4.69) is 21.2 Å². The Morgan fingerprint density at radius 1 is 0.968 bits per heavy atom. The Morgan fingerprint density at radius 2 is 1.68 bits per heavy atom. The summed E-state index contributed by atoms with van der Waals surface area (Å²) in [4.78, 5) is 18.5. The van der Waals surface area contributed by atoms with Crippen LogP contribution in [0, 0.1) is 11.6 Å². The van der Waals surface area contributed by atoms with Crippen LogP contribution >= 0.6 is 11.3 Å². The highest BCUT2D eigenvalue weighted by molar-refractivity contribution is 7.10. The van der Waals surface area contributed by atoms with E-state index in [0.717, 1.165) is 36.7 Å². The van der Waals surface area contributed by atoms with Gasteiger partial charge in [0.15, 0.2) is 0 Å². The van der Waals surface area contributed by atoms with Gasteiger partial charge < -0.3 is 10.2 Å². The Hall–Kier alpha value is -2.77. The maximum atomic E-state index is 14.1. The zero-order chi connectivity index (χ0) is 21.8. The first kappa shape index (κ1) is 21.5. The van der Waals surface area contributed by atoms with Gasteiger partial charge in [-0.15, -0.1) is 11.3 Å². The number of hydrogen-bond acceptors (Lipinski definition) is 4. The van der Waals surface area contributed by atoms with Crippen molar-refractivity contribution in [3.05, 3.63) is 88.1 Å². The Morgan fingerprint density at radius 3 is 2.32 bits per heavy atom. The average molecular weight is 442 g/mol. The lowest BCUT2D eigenvalue weighted by Crippen LogP contribution is -2.52. The average Bonchev–Trinajstić information content (AvgIpc) is 3.29. The number of anilines is 1. The fraction of sp³-hybridized carbons (Fsp3) is 0.292. The van der Waals surface area contributed by atoms with Gasteiger partial charge >= 0.3 is 0 Å². The summed E-state index contributed by atoms with van der Waals surface area (Å²) in [7, 11) is 0. The standard InChI is InChI=1S/C24H25F2N3OS/c1-17(27-24(30)20-5-2-3-6-21(20)26)23(22-7-4-16-31-22)29-14-12-28(13-15-29)19-10-8-18(25)9-11-19/h2-11,16-17,23H,12-15H2,1H3,(H,27,30). The van der Waals surface area contributed by atoms with Gasteiger partial charge in [-0.2, -0.15) is 0 Å². The van der Waals surface area contributed by atoms with Crippen LogP contribution in [-0.2, 0) is 0 Å². The molecule has 4 nitrogen and oxygen atoms in total. The lowest BCUT2D eigenvalue weighted by atomic mass is 10.0. The quantitative estimate of drug-likeness (QED) is 0.602. The van der Waals surface area contributed by atoms with Crippen LogP contribution in [0.25, 0.3) is 0 Å². The molecule has 2 heterocycles. The van der Waals surface area contributed by atoms with Gasteiger partial charge in [0.25, 0.3) is 5.91 Å². The van der Waals surface area contributed by atoms with Crippen LogP contribution in [-0.4, -0.2) is 43.0 Å². The molecule has 1 fully saturated rings. The molecule has 2 aromatic carbocycles. The molecule has 31 heavy (non-hydrogen) atoms. The molecule has 7 heteroatoms. The molecule has 0 bridgehead atoms. The number of benzene rings is 2. The molecule has 0 aliphatic carbocycles. The summed E-state index contributed by atoms with van der Waals surface area (Å²) >= 11 is 1.66. The van der Waals surface area contributed by atoms with Crippen molar-refractivity contribution in [2.45, 2.75) is 19.0 Å². The van der Waals surface area contributed by atoms with Crippen molar-refractivity contribution < 1.29 is 13.6 Å². The topological polar surface area (TPSA) is 35.6 Å². The largest absolute Gasteiger partial charge is 0.369 e. The van der Waals surface area contributed by atoms with Crippen molar-refractivity contribution >= 4 is 22.9 Å². The fourth-order valence-electron chi connectivity index (χ4n) is 4.12. The second-order valence-electron chi connectivity index (χ2n) is 7.70. The second kappa shape index (κ2) is 9.58. The van der Waals surface area contributed by atoms with Crippen LogP contribution in [0.5, 0.6) is 0 Å². The van der Waals surface area contributed by atoms with Crippen molar-refractivity contribution in [2.75, 3.05) is 31.1 Å². The number of piperazine rings is 1. The molecule has 1 aliphatic rings. The number of amides is 1. The number of hydrogen-bond donors (Lipinski definition) is 1. The van der Waals surface area contributed by atoms with E-state index < -0.39 is 11.7 Å². The maximum absolute atomic E-state index is 14.1. The third-order valence-electron chi connectivity index (χ3n) is 5.68. The Bertz CT molecular complexity index is 1000. The van der Waals surface area contributed by atoms with Crippen molar-refractivity contribution in [1.82, 2.24) is 10.2 Å². The van der Waals surface area contributed by atoms with E-state index in [-0.39, 0.29) is 23.5 Å². The van der Waals surface area contributed by atoms with Crippen LogP contribution in [0.1, 0.15) is 28.2 Å². The molecule has 0 saturated carbocycles. The number of rotatable bonds is 6. The molecule has 2 atom stereocenters. The van der Waals surface area contributed by atoms with Crippen LogP contribution in [0.2, 0.25) is 0 Å². The molecule has 1 saturated heterocycles. The summed E-state index contributed by atoms with van der Waals surface area (Å²) in [6.07, 6.45) is 0. The predicted molar refractivity (Wildman–Crippen MR) is 121 cm³/mol. The van der Waals surface area contributed by atoms with Crippen LogP contribution < -0.4 is 10.2 Å². The fourth-order valence-corrected chi connectivity index (χ4v) is 5.09. The minimum Gasteiger partial charge on any atom is -0.369 e. The van der Waals surface area contributed by atoms with Gasteiger partial charge in [-0.1, -0.05) is 18.2 Å². The van der Waals surface area contributed by atoms with Gasteiger partial charge in [0.05, 0.1) is 11.6 Å². The molecule has 0 radical (unpaired) electrons. The van der Waals surface area contributed by atoms with Gasteiger partial charge in [0, 0.05) is 42.8 Å². The maximum Gasteiger partial charge on any atom is 0.254 e. The molecular formula is C24H25F2N3OS. The van der Waals surface area contributed by atoms with Gasteiger partial charge in [0.2, 0.25) is 0 Å². The number of halogens is 2. The minimum atomic E-state index is -0.521. The zero-order valence-corrected chi connectivity index (χ0v) is 18.1. The first-order chi connectivity index (χ1) is 15.0. The molecule has 1 N–H and O–H groups in total. The second-order valence-corrected chi connectivity index (χ2v) is 8.68. The van der Waals surface area contributed by atoms with Gasteiger partial charge in [-0.3, -0.25) is 9.69 Å². The van der Waals surface area contributed by atoms with E-state index in [9.17, 15) is 13.6 Å². The highest BCUT2D eigenvalue weighted by atomic mass is 32.1. The van der Waals surface area contributed by atoms with Crippen molar-refractivity contribution in [3.8, 4) is 0 Å². The van der Waals surface area contributed by atoms with E-state index >= 15 is 0 Å². The van der Waals surface area contributed by atoms with Gasteiger partial charge in [-0.05, 0) is 54.8 Å². The number of carbonyl (C=O) groups excluding carboxylic acids is 1. The molecule has 0 spiro atoms. The normalized spacial score (nSPS) is 16.7. The number of nitrogens with zero attached hydrogens (tertiary/aromatic N) is 2. The van der Waals surface area contributed by atoms with Gasteiger partial charge in [-0.25, -0.2) is 8.78 Å². The molecule has 2 unspecified atom stereocenters. The van der Waals surface area contributed by atoms with E-state index in [1.54, 1.807) is 35.6 Å². The van der Waals surface area contributed by atoms with Crippen LogP contribution in [0.4, 0.5) is 14.5 Å².